The fraction of sp³-hybridized carbons (Fsp3) is 0.275. The van der Waals surface area contributed by atoms with Crippen molar-refractivity contribution in [2.75, 3.05) is 5.32 Å². The normalized spacial score (nSPS) is 13.6. The van der Waals surface area contributed by atoms with E-state index in [1.807, 2.05) is 0 Å². The van der Waals surface area contributed by atoms with E-state index < -0.39 is 76.5 Å². The van der Waals surface area contributed by atoms with Gasteiger partial charge in [0.2, 0.25) is 23.6 Å². The second-order valence-electron chi connectivity index (χ2n) is 13.3. The molecule has 5 amide bonds. The molecule has 16 heteroatoms. The van der Waals surface area contributed by atoms with Crippen molar-refractivity contribution in [1.82, 2.24) is 21.3 Å². The van der Waals surface area contributed by atoms with Crippen LogP contribution >= 0.6 is 11.6 Å². The van der Waals surface area contributed by atoms with Gasteiger partial charge in [-0.1, -0.05) is 86.1 Å². The van der Waals surface area contributed by atoms with Gasteiger partial charge in [-0.3, -0.25) is 34.1 Å². The number of rotatable bonds is 17. The minimum absolute atomic E-state index is 0.0361. The zero-order valence-corrected chi connectivity index (χ0v) is 31.5. The highest BCUT2D eigenvalue weighted by atomic mass is 35.5. The van der Waals surface area contributed by atoms with Crippen LogP contribution in [0.15, 0.2) is 103 Å². The molecule has 0 saturated heterocycles. The van der Waals surface area contributed by atoms with Gasteiger partial charge in [0, 0.05) is 30.5 Å². The van der Waals surface area contributed by atoms with E-state index in [2.05, 4.69) is 26.6 Å². The lowest BCUT2D eigenvalue weighted by molar-refractivity contribution is -0.384. The Hall–Kier alpha value is -6.19. The van der Waals surface area contributed by atoms with Crippen LogP contribution in [0.1, 0.15) is 42.3 Å². The number of benzene rings is 4. The topological polar surface area (TPSA) is 209 Å². The molecule has 0 saturated carbocycles. The van der Waals surface area contributed by atoms with Gasteiger partial charge in [0.15, 0.2) is 0 Å². The zero-order valence-electron chi connectivity index (χ0n) is 30.7. The first kappa shape index (κ1) is 42.6. The molecule has 0 spiro atoms. The molecule has 0 aliphatic carbocycles. The molecular formula is C40H42ClFN6O8. The van der Waals surface area contributed by atoms with Crippen LogP contribution < -0.4 is 26.6 Å². The maximum Gasteiger partial charge on any atom is 0.271 e. The first-order chi connectivity index (χ1) is 26.6. The van der Waals surface area contributed by atoms with E-state index in [1.54, 1.807) is 74.5 Å². The molecule has 56 heavy (non-hydrogen) atoms. The van der Waals surface area contributed by atoms with E-state index in [0.717, 1.165) is 12.1 Å². The van der Waals surface area contributed by atoms with Crippen LogP contribution in [-0.4, -0.2) is 69.8 Å². The van der Waals surface area contributed by atoms with Gasteiger partial charge in [-0.05, 0) is 54.3 Å². The molecule has 0 bridgehead atoms. The summed E-state index contributed by atoms with van der Waals surface area (Å²) in [6.45, 7) is 4.65. The van der Waals surface area contributed by atoms with Gasteiger partial charge >= 0.3 is 0 Å². The third kappa shape index (κ3) is 12.2. The summed E-state index contributed by atoms with van der Waals surface area (Å²) >= 11 is 6.20. The van der Waals surface area contributed by atoms with E-state index in [4.69, 9.17) is 11.6 Å². The Balaban J connectivity index is 1.57. The fourth-order valence-corrected chi connectivity index (χ4v) is 5.82. The Kier molecular flexibility index (Phi) is 15.1. The number of carbonyl (C=O) groups excluding carboxylic acids is 5. The van der Waals surface area contributed by atoms with Crippen LogP contribution in [0.2, 0.25) is 5.02 Å². The summed E-state index contributed by atoms with van der Waals surface area (Å²) in [6, 6.07) is 20.1. The Morgan fingerprint density at radius 3 is 1.77 bits per heavy atom. The standard InChI is InChI=1S/C40H42ClFN6O8/c1-23(2)34(46-36(50)27-12-8-5-9-13-27)39(53)44-33(21-26-14-16-28(42)17-15-26)38(52)47-35(24(3)49)40(54)45-32(20-25-10-6-4-7-11-25)37(51)43-31-19-18-29(48(55)56)22-30(31)41/h4-19,22-24,32-35,49H,20-21H2,1-3H3,(H,43,51)(H,44,53)(H,45,54)(H,46,50)(H,47,52)/t24?,32-,33-,34-,35-/m0/s1. The monoisotopic (exact) mass is 788 g/mol. The van der Waals surface area contributed by atoms with Crippen molar-refractivity contribution in [1.29, 1.82) is 0 Å². The summed E-state index contributed by atoms with van der Waals surface area (Å²) in [7, 11) is 0. The molecule has 0 fully saturated rings. The Morgan fingerprint density at radius 1 is 0.696 bits per heavy atom. The predicted molar refractivity (Wildman–Crippen MR) is 207 cm³/mol. The molecule has 0 aliphatic heterocycles. The number of non-ortho nitro benzene ring substituents is 1. The van der Waals surface area contributed by atoms with Crippen molar-refractivity contribution >= 4 is 52.5 Å². The summed E-state index contributed by atoms with van der Waals surface area (Å²) < 4.78 is 13.8. The lowest BCUT2D eigenvalue weighted by atomic mass is 10.00. The van der Waals surface area contributed by atoms with Crippen molar-refractivity contribution < 1.29 is 38.4 Å². The maximum absolute atomic E-state index is 13.9. The SMILES string of the molecule is CC(C)[C@H](NC(=O)c1ccccc1)C(=O)N[C@@H](Cc1ccc(F)cc1)C(=O)N[C@H](C(=O)N[C@@H](Cc1ccccc1)C(=O)Nc1ccc([N+](=O)[O-])cc1Cl)C(C)O. The molecule has 1 unspecified atom stereocenters. The lowest BCUT2D eigenvalue weighted by Crippen LogP contribution is -2.61. The third-order valence-electron chi connectivity index (χ3n) is 8.66. The molecular weight excluding hydrogens is 747 g/mol. The molecule has 4 aromatic carbocycles. The van der Waals surface area contributed by atoms with Gasteiger partial charge in [-0.2, -0.15) is 0 Å². The van der Waals surface area contributed by atoms with Gasteiger partial charge in [0.25, 0.3) is 11.6 Å². The number of nitrogens with zero attached hydrogens (tertiary/aromatic N) is 1. The molecule has 14 nitrogen and oxygen atoms in total. The maximum atomic E-state index is 13.9. The Bertz CT molecular complexity index is 2020. The van der Waals surface area contributed by atoms with Crippen molar-refractivity contribution in [2.24, 2.45) is 5.92 Å². The first-order valence-electron chi connectivity index (χ1n) is 17.6. The highest BCUT2D eigenvalue weighted by Crippen LogP contribution is 2.27. The number of nitro groups is 1. The van der Waals surface area contributed by atoms with Crippen LogP contribution in [0, 0.1) is 21.8 Å². The van der Waals surface area contributed by atoms with Crippen molar-refractivity contribution in [3.63, 3.8) is 0 Å². The van der Waals surface area contributed by atoms with Gasteiger partial charge in [0.1, 0.15) is 30.0 Å². The van der Waals surface area contributed by atoms with Crippen molar-refractivity contribution in [3.05, 3.63) is 141 Å². The van der Waals surface area contributed by atoms with Gasteiger partial charge in [-0.15, -0.1) is 0 Å². The predicted octanol–water partition coefficient (Wildman–Crippen LogP) is 4.10. The number of aliphatic hydroxyl groups is 1. The molecule has 0 heterocycles. The highest BCUT2D eigenvalue weighted by molar-refractivity contribution is 6.34. The van der Waals surface area contributed by atoms with Crippen LogP contribution in [0.5, 0.6) is 0 Å². The number of hydrogen-bond donors (Lipinski definition) is 6. The molecule has 0 aromatic heterocycles. The van der Waals surface area contributed by atoms with Crippen LogP contribution in [0.25, 0.3) is 0 Å². The van der Waals surface area contributed by atoms with E-state index in [-0.39, 0.29) is 29.2 Å². The summed E-state index contributed by atoms with van der Waals surface area (Å²) in [5.74, 6) is -4.81. The van der Waals surface area contributed by atoms with Gasteiger partial charge < -0.3 is 31.7 Å². The second-order valence-corrected chi connectivity index (χ2v) is 13.7. The number of halogens is 2. The van der Waals surface area contributed by atoms with E-state index in [1.165, 1.54) is 37.3 Å². The summed E-state index contributed by atoms with van der Waals surface area (Å²) in [6.07, 6.45) is -1.73. The summed E-state index contributed by atoms with van der Waals surface area (Å²) in [4.78, 5) is 78.6. The summed E-state index contributed by atoms with van der Waals surface area (Å²) in [5, 5.41) is 34.7. The van der Waals surface area contributed by atoms with E-state index in [0.29, 0.717) is 16.7 Å². The van der Waals surface area contributed by atoms with Crippen LogP contribution in [0.3, 0.4) is 0 Å². The molecule has 4 aromatic rings. The number of carbonyl (C=O) groups is 5. The molecule has 294 valence electrons. The highest BCUT2D eigenvalue weighted by Gasteiger charge is 2.34. The van der Waals surface area contributed by atoms with Crippen LogP contribution in [0.4, 0.5) is 15.8 Å². The van der Waals surface area contributed by atoms with E-state index in [9.17, 15) is 43.6 Å². The number of nitrogens with one attached hydrogen (secondary N) is 5. The summed E-state index contributed by atoms with van der Waals surface area (Å²) in [5.41, 5.74) is 1.13. The van der Waals surface area contributed by atoms with Gasteiger partial charge in [-0.25, -0.2) is 4.39 Å². The number of anilines is 1. The third-order valence-corrected chi connectivity index (χ3v) is 8.97. The zero-order chi connectivity index (χ0) is 40.9. The minimum Gasteiger partial charge on any atom is -0.391 e. The number of nitro benzene ring substituents is 1. The van der Waals surface area contributed by atoms with Crippen molar-refractivity contribution in [2.45, 2.75) is 63.9 Å². The molecule has 0 aliphatic rings. The largest absolute Gasteiger partial charge is 0.391 e. The number of amides is 5. The lowest BCUT2D eigenvalue weighted by Gasteiger charge is -2.28. The second kappa shape index (κ2) is 19.9. The number of aliphatic hydroxyl groups excluding tert-OH is 1. The average Bonchev–Trinajstić information content (AvgIpc) is 3.17. The molecule has 4 rings (SSSR count). The number of hydrogen-bond acceptors (Lipinski definition) is 8. The fourth-order valence-electron chi connectivity index (χ4n) is 5.59. The quantitative estimate of drug-likeness (QED) is 0.0677. The average molecular weight is 789 g/mol. The first-order valence-corrected chi connectivity index (χ1v) is 18.0. The smallest absolute Gasteiger partial charge is 0.271 e. The van der Waals surface area contributed by atoms with Gasteiger partial charge in [0.05, 0.1) is 21.7 Å². The Morgan fingerprint density at radius 2 is 1.23 bits per heavy atom. The van der Waals surface area contributed by atoms with Crippen LogP contribution in [-0.2, 0) is 32.0 Å². The molecule has 6 N–H and O–H groups in total. The van der Waals surface area contributed by atoms with E-state index >= 15 is 0 Å². The van der Waals surface area contributed by atoms with Crippen molar-refractivity contribution in [3.8, 4) is 0 Å². The molecule has 0 radical (unpaired) electrons. The molecule has 5 atom stereocenters. The Labute approximate surface area is 327 Å². The minimum atomic E-state index is -1.65.